The smallest absolute Gasteiger partial charge is 0.218 e. The first kappa shape index (κ1) is 12.9. The van der Waals surface area contributed by atoms with E-state index in [0.29, 0.717) is 13.0 Å². The van der Waals surface area contributed by atoms with Gasteiger partial charge in [-0.1, -0.05) is 12.1 Å². The fourth-order valence-electron chi connectivity index (χ4n) is 2.39. The summed E-state index contributed by atoms with van der Waals surface area (Å²) >= 11 is 0. The average molecular weight is 247 g/mol. The number of anilines is 1. The number of hydrogen-bond acceptors (Lipinski definition) is 3. The van der Waals surface area contributed by atoms with E-state index in [-0.39, 0.29) is 5.91 Å². The van der Waals surface area contributed by atoms with Gasteiger partial charge in [0.15, 0.2) is 0 Å². The lowest BCUT2D eigenvalue weighted by atomic mass is 9.99. The van der Waals surface area contributed by atoms with Gasteiger partial charge >= 0.3 is 0 Å². The number of rotatable bonds is 5. The van der Waals surface area contributed by atoms with Crippen LogP contribution in [0.3, 0.4) is 0 Å². The number of carbonyl (C=O) groups is 1. The minimum absolute atomic E-state index is 0.255. The topological polar surface area (TPSA) is 58.4 Å². The van der Waals surface area contributed by atoms with E-state index in [4.69, 9.17) is 5.73 Å². The Morgan fingerprint density at radius 1 is 1.50 bits per heavy atom. The van der Waals surface area contributed by atoms with Gasteiger partial charge in [0.05, 0.1) is 0 Å². The van der Waals surface area contributed by atoms with Crippen molar-refractivity contribution in [2.45, 2.75) is 25.8 Å². The number of fused-ring (bicyclic) bond motifs is 1. The van der Waals surface area contributed by atoms with Gasteiger partial charge in [0.25, 0.3) is 0 Å². The number of carbonyl (C=O) groups excluding carboxylic acids is 1. The van der Waals surface area contributed by atoms with Gasteiger partial charge in [0.1, 0.15) is 0 Å². The Kier molecular flexibility index (Phi) is 4.20. The number of primary amides is 1. The standard InChI is InChI=1S/C14H21N3O/c1-17-8-2-3-12-9-11(4-5-13(12)17)10-16-7-6-14(15)18/h4-5,9,16H,2-3,6-8,10H2,1H3,(H2,15,18). The fraction of sp³-hybridized carbons (Fsp3) is 0.500. The van der Waals surface area contributed by atoms with Gasteiger partial charge < -0.3 is 16.0 Å². The Balaban J connectivity index is 1.92. The summed E-state index contributed by atoms with van der Waals surface area (Å²) in [6, 6.07) is 6.61. The van der Waals surface area contributed by atoms with E-state index < -0.39 is 0 Å². The molecule has 0 atom stereocenters. The largest absolute Gasteiger partial charge is 0.374 e. The predicted molar refractivity (Wildman–Crippen MR) is 73.6 cm³/mol. The highest BCUT2D eigenvalue weighted by Crippen LogP contribution is 2.26. The molecule has 0 spiro atoms. The summed E-state index contributed by atoms with van der Waals surface area (Å²) in [5, 5.41) is 3.24. The Bertz CT molecular complexity index is 431. The molecule has 0 aliphatic carbocycles. The quantitative estimate of drug-likeness (QED) is 0.764. The first-order chi connectivity index (χ1) is 8.66. The number of nitrogens with one attached hydrogen (secondary N) is 1. The van der Waals surface area contributed by atoms with E-state index in [1.54, 1.807) is 0 Å². The van der Waals surface area contributed by atoms with Crippen LogP contribution in [0.25, 0.3) is 0 Å². The molecule has 4 heteroatoms. The van der Waals surface area contributed by atoms with Crippen LogP contribution in [0.5, 0.6) is 0 Å². The lowest BCUT2D eigenvalue weighted by Gasteiger charge is -2.27. The highest BCUT2D eigenvalue weighted by Gasteiger charge is 2.13. The normalized spacial score (nSPS) is 14.4. The van der Waals surface area contributed by atoms with Crippen molar-refractivity contribution in [2.24, 2.45) is 5.73 Å². The van der Waals surface area contributed by atoms with Crippen molar-refractivity contribution in [1.29, 1.82) is 0 Å². The van der Waals surface area contributed by atoms with Crippen molar-refractivity contribution in [2.75, 3.05) is 25.0 Å². The van der Waals surface area contributed by atoms with Crippen LogP contribution in [0.4, 0.5) is 5.69 Å². The second-order valence-electron chi connectivity index (χ2n) is 4.88. The highest BCUT2D eigenvalue weighted by atomic mass is 16.1. The number of nitrogens with zero attached hydrogens (tertiary/aromatic N) is 1. The average Bonchev–Trinajstić information content (AvgIpc) is 2.35. The molecule has 1 aromatic carbocycles. The van der Waals surface area contributed by atoms with Gasteiger partial charge in [-0.05, 0) is 30.0 Å². The molecule has 1 aromatic rings. The van der Waals surface area contributed by atoms with E-state index in [1.807, 2.05) is 0 Å². The minimum Gasteiger partial charge on any atom is -0.374 e. The molecule has 2 rings (SSSR count). The maximum Gasteiger partial charge on any atom is 0.218 e. The molecule has 4 nitrogen and oxygen atoms in total. The molecule has 1 heterocycles. The number of amides is 1. The summed E-state index contributed by atoms with van der Waals surface area (Å²) in [5.74, 6) is -0.255. The van der Waals surface area contributed by atoms with Gasteiger partial charge in [-0.25, -0.2) is 0 Å². The monoisotopic (exact) mass is 247 g/mol. The number of hydrogen-bond donors (Lipinski definition) is 2. The number of nitrogens with two attached hydrogens (primary N) is 1. The van der Waals surface area contributed by atoms with E-state index >= 15 is 0 Å². The van der Waals surface area contributed by atoms with Gasteiger partial charge in [0, 0.05) is 38.8 Å². The second-order valence-corrected chi connectivity index (χ2v) is 4.88. The zero-order valence-electron chi connectivity index (χ0n) is 10.9. The Labute approximate surface area is 108 Å². The highest BCUT2D eigenvalue weighted by molar-refractivity contribution is 5.73. The molecule has 1 aliphatic heterocycles. The maximum atomic E-state index is 10.6. The molecule has 0 aromatic heterocycles. The van der Waals surface area contributed by atoms with Crippen LogP contribution >= 0.6 is 0 Å². The minimum atomic E-state index is -0.255. The Hall–Kier alpha value is -1.55. The summed E-state index contributed by atoms with van der Waals surface area (Å²) in [4.78, 5) is 12.9. The van der Waals surface area contributed by atoms with Crippen molar-refractivity contribution < 1.29 is 4.79 Å². The van der Waals surface area contributed by atoms with E-state index in [9.17, 15) is 4.79 Å². The number of aryl methyl sites for hydroxylation is 1. The van der Waals surface area contributed by atoms with Gasteiger partial charge in [-0.2, -0.15) is 0 Å². The third-order valence-corrected chi connectivity index (χ3v) is 3.37. The molecular formula is C14H21N3O. The van der Waals surface area contributed by atoms with Crippen LogP contribution < -0.4 is 16.0 Å². The van der Waals surface area contributed by atoms with Crippen LogP contribution in [0.2, 0.25) is 0 Å². The molecule has 1 amide bonds. The van der Waals surface area contributed by atoms with Crippen molar-refractivity contribution in [1.82, 2.24) is 5.32 Å². The molecule has 3 N–H and O–H groups in total. The molecular weight excluding hydrogens is 226 g/mol. The number of benzene rings is 1. The second kappa shape index (κ2) is 5.87. The van der Waals surface area contributed by atoms with Crippen LogP contribution in [0.1, 0.15) is 24.0 Å². The Morgan fingerprint density at radius 3 is 3.11 bits per heavy atom. The summed E-state index contributed by atoms with van der Waals surface area (Å²) in [6.07, 6.45) is 2.78. The molecule has 98 valence electrons. The zero-order valence-corrected chi connectivity index (χ0v) is 10.9. The van der Waals surface area contributed by atoms with Gasteiger partial charge in [-0.15, -0.1) is 0 Å². The fourth-order valence-corrected chi connectivity index (χ4v) is 2.39. The molecule has 1 aliphatic rings. The predicted octanol–water partition coefficient (Wildman–Crippen LogP) is 1.03. The lowest BCUT2D eigenvalue weighted by Crippen LogP contribution is -2.25. The van der Waals surface area contributed by atoms with Crippen LogP contribution in [-0.2, 0) is 17.8 Å². The maximum absolute atomic E-state index is 10.6. The van der Waals surface area contributed by atoms with Crippen molar-refractivity contribution >= 4 is 11.6 Å². The molecule has 0 fully saturated rings. The first-order valence-corrected chi connectivity index (χ1v) is 6.49. The SMILES string of the molecule is CN1CCCc2cc(CNCCC(N)=O)ccc21. The summed E-state index contributed by atoms with van der Waals surface area (Å²) in [5.41, 5.74) is 9.14. The molecule has 0 saturated carbocycles. The van der Waals surface area contributed by atoms with E-state index in [1.165, 1.54) is 23.2 Å². The summed E-state index contributed by atoms with van der Waals surface area (Å²) in [6.45, 7) is 2.58. The van der Waals surface area contributed by atoms with Gasteiger partial charge in [-0.3, -0.25) is 4.79 Å². The molecule has 0 saturated heterocycles. The van der Waals surface area contributed by atoms with Crippen molar-refractivity contribution in [3.05, 3.63) is 29.3 Å². The molecule has 0 bridgehead atoms. The molecule has 18 heavy (non-hydrogen) atoms. The molecule has 0 unspecified atom stereocenters. The van der Waals surface area contributed by atoms with Crippen LogP contribution in [0.15, 0.2) is 18.2 Å². The Morgan fingerprint density at radius 2 is 2.33 bits per heavy atom. The summed E-state index contributed by atoms with van der Waals surface area (Å²) in [7, 11) is 2.14. The van der Waals surface area contributed by atoms with Crippen LogP contribution in [0, 0.1) is 0 Å². The van der Waals surface area contributed by atoms with E-state index in [2.05, 4.69) is 35.5 Å². The molecule has 0 radical (unpaired) electrons. The zero-order chi connectivity index (χ0) is 13.0. The lowest BCUT2D eigenvalue weighted by molar-refractivity contribution is -0.117. The van der Waals surface area contributed by atoms with E-state index in [0.717, 1.165) is 19.5 Å². The third kappa shape index (κ3) is 3.23. The van der Waals surface area contributed by atoms with Gasteiger partial charge in [0.2, 0.25) is 5.91 Å². The van der Waals surface area contributed by atoms with Crippen molar-refractivity contribution in [3.63, 3.8) is 0 Å². The third-order valence-electron chi connectivity index (χ3n) is 3.37. The first-order valence-electron chi connectivity index (χ1n) is 6.49. The van der Waals surface area contributed by atoms with Crippen LogP contribution in [-0.4, -0.2) is 26.0 Å². The van der Waals surface area contributed by atoms with Crippen molar-refractivity contribution in [3.8, 4) is 0 Å². The summed E-state index contributed by atoms with van der Waals surface area (Å²) < 4.78 is 0.